The second kappa shape index (κ2) is 7.07. The molecule has 0 aromatic heterocycles. The average Bonchev–Trinajstić information content (AvgIpc) is 2.29. The maximum Gasteiger partial charge on any atom is 0.332 e. The van der Waals surface area contributed by atoms with Crippen LogP contribution < -0.4 is 0 Å². The number of hydrogen-bond donors (Lipinski definition) is 1. The largest absolute Gasteiger partial charge is 0.479 e. The van der Waals surface area contributed by atoms with Crippen molar-refractivity contribution in [1.82, 2.24) is 0 Å². The number of carbonyl (C=O) groups is 1. The van der Waals surface area contributed by atoms with E-state index in [9.17, 15) is 4.79 Å². The fourth-order valence-corrected chi connectivity index (χ4v) is 1.53. The molecule has 0 saturated carbocycles. The molecule has 94 valence electrons. The van der Waals surface area contributed by atoms with Crippen LogP contribution in [0.1, 0.15) is 32.3 Å². The maximum absolute atomic E-state index is 11.0. The van der Waals surface area contributed by atoms with E-state index < -0.39 is 12.1 Å². The number of carboxylic acids is 1. The van der Waals surface area contributed by atoms with Crippen molar-refractivity contribution in [2.45, 2.75) is 39.4 Å². The number of carboxylic acid groups (broad SMARTS) is 1. The van der Waals surface area contributed by atoms with Gasteiger partial charge in [0.05, 0.1) is 6.61 Å². The van der Waals surface area contributed by atoms with E-state index in [0.717, 1.165) is 12.0 Å². The standard InChI is InChI=1S/C14H20O3/c1-11(2)8-9-13(14(15)16)17-10-12-6-4-3-5-7-12/h3-7,11,13H,8-10H2,1-2H3,(H,15,16)/t13-/m0/s1. The second-order valence-corrected chi connectivity index (χ2v) is 4.59. The molecule has 1 aromatic rings. The maximum atomic E-state index is 11.0. The van der Waals surface area contributed by atoms with Gasteiger partial charge >= 0.3 is 5.97 Å². The van der Waals surface area contributed by atoms with Crippen LogP contribution in [0.3, 0.4) is 0 Å². The smallest absolute Gasteiger partial charge is 0.332 e. The molecule has 0 amide bonds. The highest BCUT2D eigenvalue weighted by atomic mass is 16.5. The molecule has 1 aromatic carbocycles. The minimum absolute atomic E-state index is 0.357. The van der Waals surface area contributed by atoms with E-state index in [0.29, 0.717) is 18.9 Å². The van der Waals surface area contributed by atoms with Gasteiger partial charge in [-0.15, -0.1) is 0 Å². The summed E-state index contributed by atoms with van der Waals surface area (Å²) in [7, 11) is 0. The van der Waals surface area contributed by atoms with E-state index in [-0.39, 0.29) is 0 Å². The Bertz CT molecular complexity index is 333. The summed E-state index contributed by atoms with van der Waals surface area (Å²) in [6, 6.07) is 9.63. The molecule has 1 N–H and O–H groups in total. The van der Waals surface area contributed by atoms with Gasteiger partial charge in [0.2, 0.25) is 0 Å². The Kier molecular flexibility index (Phi) is 5.70. The minimum Gasteiger partial charge on any atom is -0.479 e. The quantitative estimate of drug-likeness (QED) is 0.791. The third-order valence-corrected chi connectivity index (χ3v) is 2.58. The van der Waals surface area contributed by atoms with E-state index >= 15 is 0 Å². The van der Waals surface area contributed by atoms with Crippen LogP contribution in [0.4, 0.5) is 0 Å². The third kappa shape index (κ3) is 5.50. The zero-order valence-corrected chi connectivity index (χ0v) is 10.4. The van der Waals surface area contributed by atoms with Gasteiger partial charge in [0.1, 0.15) is 0 Å². The Morgan fingerprint density at radius 1 is 1.24 bits per heavy atom. The van der Waals surface area contributed by atoms with Crippen molar-refractivity contribution in [2.75, 3.05) is 0 Å². The first-order valence-electron chi connectivity index (χ1n) is 5.98. The van der Waals surface area contributed by atoms with E-state index in [1.54, 1.807) is 0 Å². The van der Waals surface area contributed by atoms with E-state index in [1.165, 1.54) is 0 Å². The van der Waals surface area contributed by atoms with Gasteiger partial charge in [0, 0.05) is 0 Å². The Labute approximate surface area is 102 Å². The monoisotopic (exact) mass is 236 g/mol. The molecule has 3 nitrogen and oxygen atoms in total. The van der Waals surface area contributed by atoms with Gasteiger partial charge in [0.15, 0.2) is 6.10 Å². The van der Waals surface area contributed by atoms with Crippen molar-refractivity contribution in [3.63, 3.8) is 0 Å². The molecule has 0 aliphatic heterocycles. The van der Waals surface area contributed by atoms with E-state index in [1.807, 2.05) is 30.3 Å². The zero-order chi connectivity index (χ0) is 12.7. The topological polar surface area (TPSA) is 46.5 Å². The molecule has 0 heterocycles. The molecule has 0 spiro atoms. The molecular weight excluding hydrogens is 216 g/mol. The highest BCUT2D eigenvalue weighted by molar-refractivity contribution is 5.72. The highest BCUT2D eigenvalue weighted by Gasteiger charge is 2.18. The van der Waals surface area contributed by atoms with Crippen LogP contribution in [-0.2, 0) is 16.1 Å². The first kappa shape index (κ1) is 13.7. The van der Waals surface area contributed by atoms with Gasteiger partial charge in [-0.3, -0.25) is 0 Å². The number of aliphatic carboxylic acids is 1. The van der Waals surface area contributed by atoms with Crippen LogP contribution in [-0.4, -0.2) is 17.2 Å². The summed E-state index contributed by atoms with van der Waals surface area (Å²) in [6.45, 7) is 4.52. The number of benzene rings is 1. The van der Waals surface area contributed by atoms with Crippen molar-refractivity contribution < 1.29 is 14.6 Å². The van der Waals surface area contributed by atoms with Gasteiger partial charge in [-0.2, -0.15) is 0 Å². The summed E-state index contributed by atoms with van der Waals surface area (Å²) >= 11 is 0. The second-order valence-electron chi connectivity index (χ2n) is 4.59. The van der Waals surface area contributed by atoms with Crippen LogP contribution in [0.25, 0.3) is 0 Å². The summed E-state index contributed by atoms with van der Waals surface area (Å²) in [5, 5.41) is 9.04. The zero-order valence-electron chi connectivity index (χ0n) is 10.4. The van der Waals surface area contributed by atoms with Gasteiger partial charge in [-0.1, -0.05) is 44.2 Å². The lowest BCUT2D eigenvalue weighted by atomic mass is 10.1. The molecular formula is C14H20O3. The Morgan fingerprint density at radius 2 is 1.88 bits per heavy atom. The summed E-state index contributed by atoms with van der Waals surface area (Å²) in [5.41, 5.74) is 1.00. The molecule has 1 rings (SSSR count). The average molecular weight is 236 g/mol. The first-order valence-corrected chi connectivity index (χ1v) is 5.98. The van der Waals surface area contributed by atoms with Gasteiger partial charge in [0.25, 0.3) is 0 Å². The van der Waals surface area contributed by atoms with Crippen molar-refractivity contribution in [3.05, 3.63) is 35.9 Å². The summed E-state index contributed by atoms with van der Waals surface area (Å²) in [5.74, 6) is -0.376. The molecule has 0 aliphatic rings. The van der Waals surface area contributed by atoms with Gasteiger partial charge in [-0.25, -0.2) is 4.79 Å². The molecule has 0 unspecified atom stereocenters. The minimum atomic E-state index is -0.874. The molecule has 1 atom stereocenters. The summed E-state index contributed by atoms with van der Waals surface area (Å²) in [6.07, 6.45) is 0.739. The molecule has 0 saturated heterocycles. The van der Waals surface area contributed by atoms with Gasteiger partial charge < -0.3 is 9.84 Å². The fourth-order valence-electron chi connectivity index (χ4n) is 1.53. The predicted octanol–water partition coefficient (Wildman–Crippen LogP) is 3.09. The third-order valence-electron chi connectivity index (χ3n) is 2.58. The Hall–Kier alpha value is -1.35. The van der Waals surface area contributed by atoms with Crippen molar-refractivity contribution in [2.24, 2.45) is 5.92 Å². The molecule has 3 heteroatoms. The molecule has 17 heavy (non-hydrogen) atoms. The van der Waals surface area contributed by atoms with Crippen LogP contribution in [0, 0.1) is 5.92 Å². The summed E-state index contributed by atoms with van der Waals surface area (Å²) < 4.78 is 5.44. The molecule has 0 bridgehead atoms. The normalized spacial score (nSPS) is 12.6. The first-order chi connectivity index (χ1) is 8.09. The molecule has 0 aliphatic carbocycles. The lowest BCUT2D eigenvalue weighted by Crippen LogP contribution is -2.24. The lowest BCUT2D eigenvalue weighted by Gasteiger charge is -2.14. The van der Waals surface area contributed by atoms with Crippen LogP contribution >= 0.6 is 0 Å². The number of ether oxygens (including phenoxy) is 1. The molecule has 0 radical (unpaired) electrons. The van der Waals surface area contributed by atoms with E-state index in [2.05, 4.69) is 13.8 Å². The Morgan fingerprint density at radius 3 is 2.41 bits per heavy atom. The lowest BCUT2D eigenvalue weighted by molar-refractivity contribution is -0.151. The fraction of sp³-hybridized carbons (Fsp3) is 0.500. The highest BCUT2D eigenvalue weighted by Crippen LogP contribution is 2.12. The number of rotatable bonds is 7. The Balaban J connectivity index is 2.42. The van der Waals surface area contributed by atoms with E-state index in [4.69, 9.17) is 9.84 Å². The SMILES string of the molecule is CC(C)CC[C@H](OCc1ccccc1)C(=O)O. The van der Waals surface area contributed by atoms with Crippen LogP contribution in [0.15, 0.2) is 30.3 Å². The molecule has 0 fully saturated rings. The van der Waals surface area contributed by atoms with Crippen LogP contribution in [0.5, 0.6) is 0 Å². The van der Waals surface area contributed by atoms with Gasteiger partial charge in [-0.05, 0) is 24.3 Å². The number of hydrogen-bond acceptors (Lipinski definition) is 2. The van der Waals surface area contributed by atoms with Crippen LogP contribution in [0.2, 0.25) is 0 Å². The van der Waals surface area contributed by atoms with Crippen molar-refractivity contribution in [3.8, 4) is 0 Å². The van der Waals surface area contributed by atoms with Crippen molar-refractivity contribution in [1.29, 1.82) is 0 Å². The summed E-state index contributed by atoms with van der Waals surface area (Å²) in [4.78, 5) is 11.0. The van der Waals surface area contributed by atoms with Crippen molar-refractivity contribution >= 4 is 5.97 Å². The predicted molar refractivity (Wildman–Crippen MR) is 66.7 cm³/mol.